The molecule has 8 heteroatoms. The van der Waals surface area contributed by atoms with Gasteiger partial charge in [-0.25, -0.2) is 0 Å². The Morgan fingerprint density at radius 2 is 2.00 bits per heavy atom. The molecule has 0 unspecified atom stereocenters. The number of aromatic nitrogens is 4. The van der Waals surface area contributed by atoms with Crippen molar-refractivity contribution in [1.82, 2.24) is 19.7 Å². The molecule has 0 aliphatic rings. The summed E-state index contributed by atoms with van der Waals surface area (Å²) in [5.74, 6) is 0.105. The Kier molecular flexibility index (Phi) is 5.46. The Hall–Kier alpha value is -3.26. The van der Waals surface area contributed by atoms with E-state index in [4.69, 9.17) is 4.74 Å². The van der Waals surface area contributed by atoms with Crippen LogP contribution in [0, 0.1) is 13.8 Å². The average Bonchev–Trinajstić information content (AvgIpc) is 3.10. The van der Waals surface area contributed by atoms with Gasteiger partial charge >= 0.3 is 0 Å². The van der Waals surface area contributed by atoms with Crippen LogP contribution in [0.5, 0.6) is 0 Å². The highest BCUT2D eigenvalue weighted by molar-refractivity contribution is 6.04. The van der Waals surface area contributed by atoms with Crippen molar-refractivity contribution >= 4 is 11.9 Å². The number of anilines is 1. The molecule has 140 valence electrons. The lowest BCUT2D eigenvalue weighted by molar-refractivity contribution is 0.102. The molecule has 1 aromatic carbocycles. The number of rotatable bonds is 6. The van der Waals surface area contributed by atoms with Crippen LogP contribution in [0.15, 0.2) is 41.2 Å². The molecule has 1 amide bonds. The highest BCUT2D eigenvalue weighted by atomic mass is 16.5. The molecule has 0 spiro atoms. The van der Waals surface area contributed by atoms with Gasteiger partial charge in [-0.15, -0.1) is 5.10 Å². The summed E-state index contributed by atoms with van der Waals surface area (Å²) >= 11 is 0. The van der Waals surface area contributed by atoms with Gasteiger partial charge in [0.25, 0.3) is 11.5 Å². The number of nitrogens with zero attached hydrogens (tertiary/aromatic N) is 3. The van der Waals surface area contributed by atoms with Crippen molar-refractivity contribution in [2.45, 2.75) is 20.4 Å². The SMILES string of the molecule is COCCn1c(C)cc(C)c(C(=O)Nc2n[nH]c(-c3ccccc3)n2)c1=O. The molecule has 0 bridgehead atoms. The maximum Gasteiger partial charge on any atom is 0.263 e. The quantitative estimate of drug-likeness (QED) is 0.695. The number of amides is 1. The van der Waals surface area contributed by atoms with Gasteiger partial charge in [0.2, 0.25) is 5.95 Å². The molecule has 0 saturated carbocycles. The van der Waals surface area contributed by atoms with E-state index in [1.807, 2.05) is 37.3 Å². The van der Waals surface area contributed by atoms with E-state index in [0.29, 0.717) is 24.5 Å². The van der Waals surface area contributed by atoms with Crippen LogP contribution in [0.3, 0.4) is 0 Å². The predicted molar refractivity (Wildman–Crippen MR) is 102 cm³/mol. The number of benzene rings is 1. The molecule has 0 saturated heterocycles. The first-order valence-corrected chi connectivity index (χ1v) is 8.50. The zero-order valence-corrected chi connectivity index (χ0v) is 15.4. The van der Waals surface area contributed by atoms with Crippen LogP contribution in [0.25, 0.3) is 11.4 Å². The monoisotopic (exact) mass is 367 g/mol. The molecule has 2 N–H and O–H groups in total. The summed E-state index contributed by atoms with van der Waals surface area (Å²) in [5, 5.41) is 9.39. The van der Waals surface area contributed by atoms with Crippen molar-refractivity contribution < 1.29 is 9.53 Å². The maximum absolute atomic E-state index is 12.8. The second-order valence-corrected chi connectivity index (χ2v) is 6.12. The van der Waals surface area contributed by atoms with Gasteiger partial charge in [-0.3, -0.25) is 20.0 Å². The summed E-state index contributed by atoms with van der Waals surface area (Å²) in [5.41, 5.74) is 1.93. The smallest absolute Gasteiger partial charge is 0.263 e. The molecule has 0 aliphatic heterocycles. The summed E-state index contributed by atoms with van der Waals surface area (Å²) < 4.78 is 6.57. The van der Waals surface area contributed by atoms with E-state index < -0.39 is 5.91 Å². The van der Waals surface area contributed by atoms with Crippen molar-refractivity contribution in [3.63, 3.8) is 0 Å². The van der Waals surface area contributed by atoms with Gasteiger partial charge in [0.15, 0.2) is 5.82 Å². The first-order valence-electron chi connectivity index (χ1n) is 8.50. The third-order valence-corrected chi connectivity index (χ3v) is 4.21. The Balaban J connectivity index is 1.87. The van der Waals surface area contributed by atoms with Crippen molar-refractivity contribution in [3.05, 3.63) is 63.6 Å². The van der Waals surface area contributed by atoms with Crippen molar-refractivity contribution in [1.29, 1.82) is 0 Å². The molecule has 8 nitrogen and oxygen atoms in total. The minimum Gasteiger partial charge on any atom is -0.383 e. The minimum absolute atomic E-state index is 0.0720. The van der Waals surface area contributed by atoms with Crippen LogP contribution in [0.1, 0.15) is 21.6 Å². The second-order valence-electron chi connectivity index (χ2n) is 6.12. The van der Waals surface area contributed by atoms with Gasteiger partial charge in [-0.2, -0.15) is 4.98 Å². The van der Waals surface area contributed by atoms with Crippen molar-refractivity contribution in [2.75, 3.05) is 19.0 Å². The molecule has 0 radical (unpaired) electrons. The number of carbonyl (C=O) groups is 1. The lowest BCUT2D eigenvalue weighted by Crippen LogP contribution is -2.33. The zero-order valence-electron chi connectivity index (χ0n) is 15.4. The number of methoxy groups -OCH3 is 1. The number of H-pyrrole nitrogens is 1. The van der Waals surface area contributed by atoms with E-state index in [1.54, 1.807) is 20.1 Å². The van der Waals surface area contributed by atoms with Crippen LogP contribution in [0.2, 0.25) is 0 Å². The Morgan fingerprint density at radius 1 is 1.26 bits per heavy atom. The molecule has 0 aliphatic carbocycles. The average molecular weight is 367 g/mol. The fraction of sp³-hybridized carbons (Fsp3) is 0.263. The first-order chi connectivity index (χ1) is 13.0. The minimum atomic E-state index is -0.540. The van der Waals surface area contributed by atoms with E-state index in [-0.39, 0.29) is 17.1 Å². The number of carbonyl (C=O) groups excluding carboxylic acids is 1. The summed E-state index contributed by atoms with van der Waals surface area (Å²) in [6.45, 7) is 4.32. The van der Waals surface area contributed by atoms with E-state index in [1.165, 1.54) is 4.57 Å². The van der Waals surface area contributed by atoms with Gasteiger partial charge in [-0.1, -0.05) is 30.3 Å². The molecule has 27 heavy (non-hydrogen) atoms. The molecular weight excluding hydrogens is 346 g/mol. The normalized spacial score (nSPS) is 10.8. The predicted octanol–water partition coefficient (Wildman–Crippen LogP) is 2.15. The highest BCUT2D eigenvalue weighted by Gasteiger charge is 2.19. The molecule has 2 aromatic heterocycles. The standard InChI is InChI=1S/C19H21N5O3/c1-12-11-13(2)24(9-10-27-3)18(26)15(12)17(25)21-19-20-16(22-23-19)14-7-5-4-6-8-14/h4-8,11H,9-10H2,1-3H3,(H2,20,21,22,23,25). The van der Waals surface area contributed by atoms with E-state index in [0.717, 1.165) is 11.3 Å². The van der Waals surface area contributed by atoms with Crippen molar-refractivity contribution in [3.8, 4) is 11.4 Å². The zero-order chi connectivity index (χ0) is 19.4. The van der Waals surface area contributed by atoms with Crippen LogP contribution in [-0.2, 0) is 11.3 Å². The first kappa shape index (κ1) is 18.5. The number of aromatic amines is 1. The largest absolute Gasteiger partial charge is 0.383 e. The van der Waals surface area contributed by atoms with Gasteiger partial charge in [0, 0.05) is 24.9 Å². The number of hydrogen-bond acceptors (Lipinski definition) is 5. The fourth-order valence-electron chi connectivity index (χ4n) is 2.87. The Labute approximate surface area is 156 Å². The van der Waals surface area contributed by atoms with Gasteiger partial charge in [0.05, 0.1) is 6.61 Å². The second kappa shape index (κ2) is 7.96. The summed E-state index contributed by atoms with van der Waals surface area (Å²) in [6.07, 6.45) is 0. The van der Waals surface area contributed by atoms with E-state index >= 15 is 0 Å². The van der Waals surface area contributed by atoms with Crippen molar-refractivity contribution in [2.24, 2.45) is 0 Å². The van der Waals surface area contributed by atoms with Crippen LogP contribution >= 0.6 is 0 Å². The Morgan fingerprint density at radius 3 is 2.70 bits per heavy atom. The Bertz CT molecular complexity index is 1010. The summed E-state index contributed by atoms with van der Waals surface area (Å²) in [4.78, 5) is 29.7. The molecular formula is C19H21N5O3. The number of aryl methyl sites for hydroxylation is 2. The molecule has 3 rings (SSSR count). The number of ether oxygens (including phenoxy) is 1. The topological polar surface area (TPSA) is 102 Å². The number of hydrogen-bond donors (Lipinski definition) is 2. The lowest BCUT2D eigenvalue weighted by atomic mass is 10.1. The van der Waals surface area contributed by atoms with Gasteiger partial charge < -0.3 is 9.30 Å². The summed E-state index contributed by atoms with van der Waals surface area (Å²) in [6, 6.07) is 11.2. The molecule has 2 heterocycles. The molecule has 3 aromatic rings. The number of nitrogens with one attached hydrogen (secondary N) is 2. The highest BCUT2D eigenvalue weighted by Crippen LogP contribution is 2.15. The van der Waals surface area contributed by atoms with Gasteiger partial charge in [-0.05, 0) is 25.5 Å². The number of pyridine rings is 1. The van der Waals surface area contributed by atoms with E-state index in [9.17, 15) is 9.59 Å². The summed E-state index contributed by atoms with van der Waals surface area (Å²) in [7, 11) is 1.57. The lowest BCUT2D eigenvalue weighted by Gasteiger charge is -2.13. The van der Waals surface area contributed by atoms with Gasteiger partial charge in [0.1, 0.15) is 5.56 Å². The molecule has 0 fully saturated rings. The third-order valence-electron chi connectivity index (χ3n) is 4.21. The van der Waals surface area contributed by atoms with Crippen LogP contribution < -0.4 is 10.9 Å². The van der Waals surface area contributed by atoms with Crippen LogP contribution in [0.4, 0.5) is 5.95 Å². The fourth-order valence-corrected chi connectivity index (χ4v) is 2.87. The molecule has 0 atom stereocenters. The van der Waals surface area contributed by atoms with E-state index in [2.05, 4.69) is 20.5 Å². The van der Waals surface area contributed by atoms with Crippen LogP contribution in [-0.4, -0.2) is 39.4 Å². The maximum atomic E-state index is 12.8. The third kappa shape index (κ3) is 3.95.